The molecular weight excluding hydrogens is 418 g/mol. The van der Waals surface area contributed by atoms with Gasteiger partial charge in [-0.3, -0.25) is 14.8 Å². The van der Waals surface area contributed by atoms with Gasteiger partial charge in [-0.05, 0) is 43.9 Å². The summed E-state index contributed by atoms with van der Waals surface area (Å²) in [5.41, 5.74) is 4.24. The third-order valence-corrected chi connectivity index (χ3v) is 6.90. The van der Waals surface area contributed by atoms with Gasteiger partial charge >= 0.3 is 0 Å². The van der Waals surface area contributed by atoms with Gasteiger partial charge in [0.25, 0.3) is 0 Å². The van der Waals surface area contributed by atoms with Crippen LogP contribution in [0.5, 0.6) is 5.88 Å². The lowest BCUT2D eigenvalue weighted by molar-refractivity contribution is -0.136. The van der Waals surface area contributed by atoms with E-state index in [9.17, 15) is 4.79 Å². The van der Waals surface area contributed by atoms with E-state index in [-0.39, 0.29) is 17.5 Å². The van der Waals surface area contributed by atoms with Gasteiger partial charge in [-0.15, -0.1) is 0 Å². The Balaban J connectivity index is 1.27. The molecule has 4 heterocycles. The molecule has 9 nitrogen and oxygen atoms in total. The molecule has 1 amide bonds. The minimum Gasteiger partial charge on any atom is -0.480 e. The van der Waals surface area contributed by atoms with Crippen LogP contribution in [0, 0.1) is 0 Å². The second-order valence-corrected chi connectivity index (χ2v) is 9.14. The molecule has 4 aromatic rings. The summed E-state index contributed by atoms with van der Waals surface area (Å²) in [5.74, 6) is 1.31. The first-order chi connectivity index (χ1) is 16.0. The van der Waals surface area contributed by atoms with Crippen LogP contribution in [0.4, 0.5) is 5.95 Å². The molecule has 1 aromatic carbocycles. The van der Waals surface area contributed by atoms with Crippen LogP contribution in [0.15, 0.2) is 36.8 Å². The summed E-state index contributed by atoms with van der Waals surface area (Å²) in [7, 11) is 1.62. The van der Waals surface area contributed by atoms with Gasteiger partial charge in [0.15, 0.2) is 0 Å². The Labute approximate surface area is 190 Å². The minimum absolute atomic E-state index is 0.0714. The molecule has 1 aliphatic carbocycles. The smallest absolute Gasteiger partial charge is 0.228 e. The van der Waals surface area contributed by atoms with Gasteiger partial charge in [0.2, 0.25) is 17.7 Å². The van der Waals surface area contributed by atoms with Gasteiger partial charge in [0.1, 0.15) is 5.65 Å². The fraction of sp³-hybridized carbons (Fsp3) is 0.375. The highest BCUT2D eigenvalue weighted by molar-refractivity contribution is 5.99. The molecule has 6 rings (SSSR count). The van der Waals surface area contributed by atoms with Crippen LogP contribution >= 0.6 is 0 Å². The third-order valence-electron chi connectivity index (χ3n) is 6.90. The van der Waals surface area contributed by atoms with Crippen molar-refractivity contribution in [3.63, 3.8) is 0 Å². The first-order valence-corrected chi connectivity index (χ1v) is 11.3. The van der Waals surface area contributed by atoms with E-state index in [0.29, 0.717) is 23.9 Å². The maximum Gasteiger partial charge on any atom is 0.228 e. The number of nitrogens with one attached hydrogen (secondary N) is 2. The van der Waals surface area contributed by atoms with Crippen LogP contribution in [0.2, 0.25) is 0 Å². The monoisotopic (exact) mass is 443 g/mol. The number of carbonyl (C=O) groups excluding carboxylic acids is 1. The van der Waals surface area contributed by atoms with Crippen molar-refractivity contribution >= 4 is 33.9 Å². The number of fused-ring (bicyclic) bond motifs is 2. The normalized spacial score (nSPS) is 22.7. The molecule has 0 unspecified atom stereocenters. The summed E-state index contributed by atoms with van der Waals surface area (Å²) < 4.78 is 5.65. The van der Waals surface area contributed by atoms with Crippen LogP contribution in [0.1, 0.15) is 32.6 Å². The van der Waals surface area contributed by atoms with Crippen molar-refractivity contribution in [2.45, 2.75) is 44.2 Å². The maximum atomic E-state index is 12.2. The summed E-state index contributed by atoms with van der Waals surface area (Å²) in [6, 6.07) is 6.20. The van der Waals surface area contributed by atoms with Crippen molar-refractivity contribution in [2.24, 2.45) is 0 Å². The Kier molecular flexibility index (Phi) is 4.46. The zero-order valence-electron chi connectivity index (χ0n) is 18.6. The number of methoxy groups -OCH3 is 1. The molecule has 0 radical (unpaired) electrons. The van der Waals surface area contributed by atoms with Crippen LogP contribution in [0.25, 0.3) is 33.2 Å². The number of hydrogen-bond acceptors (Lipinski definition) is 7. The van der Waals surface area contributed by atoms with E-state index >= 15 is 0 Å². The van der Waals surface area contributed by atoms with E-state index in [1.165, 1.54) is 0 Å². The molecule has 0 atom stereocenters. The number of amides is 1. The van der Waals surface area contributed by atoms with E-state index in [2.05, 4.69) is 32.2 Å². The molecular formula is C24H25N7O2. The van der Waals surface area contributed by atoms with Crippen molar-refractivity contribution < 1.29 is 9.53 Å². The Morgan fingerprint density at radius 1 is 1.18 bits per heavy atom. The second kappa shape index (κ2) is 7.40. The molecule has 1 saturated heterocycles. The van der Waals surface area contributed by atoms with Crippen LogP contribution in [-0.4, -0.2) is 61.0 Å². The summed E-state index contributed by atoms with van der Waals surface area (Å²) in [5, 5.41) is 4.26. The number of carbonyl (C=O) groups is 1. The molecule has 2 aliphatic rings. The number of nitrogens with zero attached hydrogens (tertiary/aromatic N) is 5. The van der Waals surface area contributed by atoms with Crippen molar-refractivity contribution in [3.8, 4) is 17.0 Å². The Morgan fingerprint density at radius 2 is 2.00 bits per heavy atom. The summed E-state index contributed by atoms with van der Waals surface area (Å²) in [6.07, 6.45) is 8.70. The van der Waals surface area contributed by atoms with Crippen molar-refractivity contribution in [3.05, 3.63) is 36.8 Å². The molecule has 0 spiro atoms. The number of benzene rings is 1. The maximum absolute atomic E-state index is 12.2. The second-order valence-electron chi connectivity index (χ2n) is 9.14. The molecule has 2 N–H and O–H groups in total. The number of hydrogen-bond donors (Lipinski definition) is 2. The fourth-order valence-electron chi connectivity index (χ4n) is 5.30. The lowest BCUT2D eigenvalue weighted by Crippen LogP contribution is -2.59. The molecule has 168 valence electrons. The fourth-order valence-corrected chi connectivity index (χ4v) is 5.30. The zero-order chi connectivity index (χ0) is 22.6. The van der Waals surface area contributed by atoms with E-state index in [0.717, 1.165) is 53.4 Å². The number of rotatable bonds is 5. The van der Waals surface area contributed by atoms with Crippen molar-refractivity contribution in [2.75, 3.05) is 19.0 Å². The SMILES string of the molecule is COc1nc(N[C@H]2C[C@](C)(N3CCCC3=O)C2)nc2[nH]cc(-c3ccc4nccnc4c3)c12. The average molecular weight is 444 g/mol. The van der Waals surface area contributed by atoms with Gasteiger partial charge in [-0.2, -0.15) is 9.97 Å². The number of ether oxygens (including phenoxy) is 1. The molecule has 3 aromatic heterocycles. The van der Waals surface area contributed by atoms with E-state index < -0.39 is 0 Å². The van der Waals surface area contributed by atoms with E-state index in [1.807, 2.05) is 29.3 Å². The van der Waals surface area contributed by atoms with Crippen LogP contribution in [0.3, 0.4) is 0 Å². The quantitative estimate of drug-likeness (QED) is 0.486. The van der Waals surface area contributed by atoms with Crippen molar-refractivity contribution in [1.29, 1.82) is 0 Å². The topological polar surface area (TPSA) is 109 Å². The lowest BCUT2D eigenvalue weighted by Gasteiger charge is -2.51. The zero-order valence-corrected chi connectivity index (χ0v) is 18.6. The molecule has 9 heteroatoms. The summed E-state index contributed by atoms with van der Waals surface area (Å²) in [4.78, 5) is 35.6. The van der Waals surface area contributed by atoms with Gasteiger partial charge in [-0.25, -0.2) is 0 Å². The van der Waals surface area contributed by atoms with Crippen molar-refractivity contribution in [1.82, 2.24) is 29.8 Å². The Bertz CT molecular complexity index is 1380. The van der Waals surface area contributed by atoms with Crippen LogP contribution in [-0.2, 0) is 4.79 Å². The molecule has 1 saturated carbocycles. The largest absolute Gasteiger partial charge is 0.480 e. The predicted molar refractivity (Wildman–Crippen MR) is 125 cm³/mol. The van der Waals surface area contributed by atoms with E-state index in [4.69, 9.17) is 9.72 Å². The highest BCUT2D eigenvalue weighted by atomic mass is 16.5. The van der Waals surface area contributed by atoms with Gasteiger partial charge in [0, 0.05) is 48.7 Å². The molecule has 2 fully saturated rings. The first kappa shape index (κ1) is 19.9. The number of anilines is 1. The minimum atomic E-state index is -0.0714. The number of aromatic amines is 1. The Morgan fingerprint density at radius 3 is 2.76 bits per heavy atom. The number of H-pyrrole nitrogens is 1. The third kappa shape index (κ3) is 3.26. The van der Waals surface area contributed by atoms with E-state index in [1.54, 1.807) is 19.5 Å². The standard InChI is InChI=1S/C24H25N7O2/c1-24(31-9-3-4-19(31)32)11-15(12-24)28-23-29-21-20(22(30-23)33-2)16(13-27-21)14-5-6-17-18(10-14)26-8-7-25-17/h5-8,10,13,15H,3-4,9,11-12H2,1-2H3,(H2,27,28,29,30)/t15-,24-. The lowest BCUT2D eigenvalue weighted by atomic mass is 9.73. The first-order valence-electron chi connectivity index (χ1n) is 11.3. The number of likely N-dealkylation sites (tertiary alicyclic amines) is 1. The molecule has 1 aliphatic heterocycles. The molecule has 0 bridgehead atoms. The van der Waals surface area contributed by atoms with Crippen LogP contribution < -0.4 is 10.1 Å². The van der Waals surface area contributed by atoms with Gasteiger partial charge in [0.05, 0.1) is 23.5 Å². The number of aromatic nitrogens is 5. The van der Waals surface area contributed by atoms with Gasteiger partial charge < -0.3 is 19.9 Å². The predicted octanol–water partition coefficient (Wildman–Crippen LogP) is 3.53. The summed E-state index contributed by atoms with van der Waals surface area (Å²) >= 11 is 0. The average Bonchev–Trinajstić information content (AvgIpc) is 3.43. The molecule has 33 heavy (non-hydrogen) atoms. The highest BCUT2D eigenvalue weighted by Gasteiger charge is 2.48. The summed E-state index contributed by atoms with van der Waals surface area (Å²) in [6.45, 7) is 3.04. The highest BCUT2D eigenvalue weighted by Crippen LogP contribution is 2.41. The Hall–Kier alpha value is -3.75. The van der Waals surface area contributed by atoms with Gasteiger partial charge in [-0.1, -0.05) is 6.07 Å².